The van der Waals surface area contributed by atoms with Crippen molar-refractivity contribution in [2.45, 2.75) is 12.8 Å². The predicted octanol–water partition coefficient (Wildman–Crippen LogP) is 4.00. The Balaban J connectivity index is 1.96. The van der Waals surface area contributed by atoms with Crippen molar-refractivity contribution in [2.24, 2.45) is 0 Å². The fourth-order valence-electron chi connectivity index (χ4n) is 2.82. The minimum Gasteiger partial charge on any atom is -0.497 e. The number of nitrogens with one attached hydrogen (secondary N) is 1. The normalized spacial score (nSPS) is 10.5. The third-order valence-electron chi connectivity index (χ3n) is 4.16. The van der Waals surface area contributed by atoms with Crippen LogP contribution in [-0.4, -0.2) is 29.9 Å². The van der Waals surface area contributed by atoms with Gasteiger partial charge >= 0.3 is 5.97 Å². The van der Waals surface area contributed by atoms with E-state index in [4.69, 9.17) is 21.7 Å². The largest absolute Gasteiger partial charge is 0.497 e. The summed E-state index contributed by atoms with van der Waals surface area (Å²) in [6.07, 6.45) is 2.84. The summed E-state index contributed by atoms with van der Waals surface area (Å²) >= 11 is 5.59. The molecule has 3 aromatic rings. The number of anilines is 1. The Morgan fingerprint density at radius 1 is 1.15 bits per heavy atom. The van der Waals surface area contributed by atoms with Crippen molar-refractivity contribution in [3.63, 3.8) is 0 Å². The Bertz CT molecular complexity index is 935. The molecule has 0 saturated carbocycles. The highest BCUT2D eigenvalue weighted by atomic mass is 32.1. The highest BCUT2D eigenvalue weighted by molar-refractivity contribution is 7.80. The van der Waals surface area contributed by atoms with E-state index in [1.54, 1.807) is 7.11 Å². The molecule has 0 aliphatic heterocycles. The van der Waals surface area contributed by atoms with Crippen molar-refractivity contribution in [3.8, 4) is 5.75 Å². The van der Waals surface area contributed by atoms with Crippen molar-refractivity contribution in [1.82, 2.24) is 4.57 Å². The van der Waals surface area contributed by atoms with Crippen molar-refractivity contribution in [1.29, 1.82) is 0 Å². The molecule has 5 nitrogen and oxygen atoms in total. The van der Waals surface area contributed by atoms with Gasteiger partial charge in [0.05, 0.1) is 19.7 Å². The fraction of sp³-hybridized carbons (Fsp3) is 0.200. The maximum atomic E-state index is 11.5. The van der Waals surface area contributed by atoms with Crippen LogP contribution in [-0.2, 0) is 16.0 Å². The molecule has 1 N–H and O–H groups in total. The maximum Gasteiger partial charge on any atom is 0.305 e. The number of hydrogen-bond acceptors (Lipinski definition) is 4. The molecule has 0 saturated heterocycles. The van der Waals surface area contributed by atoms with Crippen molar-refractivity contribution >= 4 is 39.9 Å². The zero-order chi connectivity index (χ0) is 18.5. The molecule has 0 radical (unpaired) electrons. The lowest BCUT2D eigenvalue weighted by Gasteiger charge is -2.10. The molecule has 0 bridgehead atoms. The van der Waals surface area contributed by atoms with E-state index in [1.165, 1.54) is 7.11 Å². The minimum atomic E-state index is -0.237. The van der Waals surface area contributed by atoms with Crippen molar-refractivity contribution in [3.05, 3.63) is 60.3 Å². The van der Waals surface area contributed by atoms with Gasteiger partial charge in [-0.05, 0) is 54.5 Å². The van der Waals surface area contributed by atoms with Crippen molar-refractivity contribution in [2.75, 3.05) is 19.5 Å². The monoisotopic (exact) mass is 368 g/mol. The minimum absolute atomic E-state index is 0.237. The molecule has 1 heterocycles. The number of aryl methyl sites for hydroxylation is 1. The summed E-state index contributed by atoms with van der Waals surface area (Å²) in [6, 6.07) is 15.6. The molecule has 0 aliphatic carbocycles. The average Bonchev–Trinajstić information content (AvgIpc) is 3.04. The number of aromatic nitrogens is 1. The number of hydrogen-bond donors (Lipinski definition) is 1. The third kappa shape index (κ3) is 3.86. The van der Waals surface area contributed by atoms with Gasteiger partial charge in [-0.15, -0.1) is 0 Å². The maximum absolute atomic E-state index is 11.5. The van der Waals surface area contributed by atoms with Gasteiger partial charge in [0.25, 0.3) is 0 Å². The van der Waals surface area contributed by atoms with E-state index >= 15 is 0 Å². The van der Waals surface area contributed by atoms with Gasteiger partial charge in [0, 0.05) is 23.7 Å². The Morgan fingerprint density at radius 2 is 1.92 bits per heavy atom. The van der Waals surface area contributed by atoms with Gasteiger partial charge in [0.15, 0.2) is 5.11 Å². The number of fused-ring (bicyclic) bond motifs is 1. The lowest BCUT2D eigenvalue weighted by molar-refractivity contribution is -0.140. The van der Waals surface area contributed by atoms with E-state index in [2.05, 4.69) is 5.32 Å². The molecule has 0 fully saturated rings. The Hall–Kier alpha value is -2.86. The first-order valence-corrected chi connectivity index (χ1v) is 8.64. The molecule has 26 heavy (non-hydrogen) atoms. The number of benzene rings is 2. The number of rotatable bonds is 5. The third-order valence-corrected chi connectivity index (χ3v) is 4.46. The van der Waals surface area contributed by atoms with Gasteiger partial charge in [-0.25, -0.2) is 0 Å². The molecule has 0 atom stereocenters. The molecule has 134 valence electrons. The second-order valence-corrected chi connectivity index (χ2v) is 6.17. The van der Waals surface area contributed by atoms with Crippen LogP contribution in [0.1, 0.15) is 12.0 Å². The zero-order valence-electron chi connectivity index (χ0n) is 14.7. The number of carbonyl (C=O) groups excluding carboxylic acids is 1. The summed E-state index contributed by atoms with van der Waals surface area (Å²) in [5.41, 5.74) is 2.89. The van der Waals surface area contributed by atoms with Crippen LogP contribution in [0.3, 0.4) is 0 Å². The molecular formula is C20H20N2O3S. The number of methoxy groups -OCH3 is 2. The van der Waals surface area contributed by atoms with Crippen LogP contribution < -0.4 is 10.1 Å². The summed E-state index contributed by atoms with van der Waals surface area (Å²) in [5.74, 6) is 0.523. The number of nitrogens with zero attached hydrogens (tertiary/aromatic N) is 1. The van der Waals surface area contributed by atoms with Gasteiger partial charge < -0.3 is 14.8 Å². The molecule has 0 unspecified atom stereocenters. The lowest BCUT2D eigenvalue weighted by atomic mass is 10.1. The first-order valence-electron chi connectivity index (χ1n) is 8.23. The molecule has 2 aromatic carbocycles. The first-order chi connectivity index (χ1) is 12.6. The number of para-hydroxylation sites is 1. The van der Waals surface area contributed by atoms with Crippen LogP contribution in [0.4, 0.5) is 5.69 Å². The Morgan fingerprint density at radius 3 is 2.62 bits per heavy atom. The van der Waals surface area contributed by atoms with Gasteiger partial charge in [0.2, 0.25) is 0 Å². The van der Waals surface area contributed by atoms with Crippen LogP contribution in [0.25, 0.3) is 10.9 Å². The summed E-state index contributed by atoms with van der Waals surface area (Å²) in [6.45, 7) is 0. The standard InChI is InChI=1S/C20H20N2O3S/c1-24-16-9-10-18-17(12-16)14(8-11-19(23)25-2)13-22(18)20(26)21-15-6-4-3-5-7-15/h3-7,9-10,12-13H,8,11H2,1-2H3,(H,21,26). The number of carbonyl (C=O) groups is 1. The highest BCUT2D eigenvalue weighted by Gasteiger charge is 2.14. The molecular weight excluding hydrogens is 348 g/mol. The smallest absolute Gasteiger partial charge is 0.305 e. The van der Waals surface area contributed by atoms with Crippen LogP contribution in [0, 0.1) is 0 Å². The van der Waals surface area contributed by atoms with E-state index in [0.717, 1.165) is 27.9 Å². The summed E-state index contributed by atoms with van der Waals surface area (Å²) in [7, 11) is 3.03. The second-order valence-electron chi connectivity index (χ2n) is 5.78. The van der Waals surface area contributed by atoms with Crippen LogP contribution in [0.15, 0.2) is 54.7 Å². The SMILES string of the molecule is COC(=O)CCc1cn(C(=S)Nc2ccccc2)c2ccc(OC)cc12. The summed E-state index contributed by atoms with van der Waals surface area (Å²) in [5, 5.41) is 4.81. The highest BCUT2D eigenvalue weighted by Crippen LogP contribution is 2.27. The molecule has 0 amide bonds. The van der Waals surface area contributed by atoms with Gasteiger partial charge in [0.1, 0.15) is 5.75 Å². The number of ether oxygens (including phenoxy) is 2. The summed E-state index contributed by atoms with van der Waals surface area (Å²) < 4.78 is 12.0. The fourth-order valence-corrected chi connectivity index (χ4v) is 3.08. The first kappa shape index (κ1) is 17.9. The van der Waals surface area contributed by atoms with E-state index in [-0.39, 0.29) is 5.97 Å². The van der Waals surface area contributed by atoms with Gasteiger partial charge in [-0.1, -0.05) is 18.2 Å². The lowest BCUT2D eigenvalue weighted by Crippen LogP contribution is -2.18. The zero-order valence-corrected chi connectivity index (χ0v) is 15.5. The van der Waals surface area contributed by atoms with E-state index < -0.39 is 0 Å². The second kappa shape index (κ2) is 8.01. The Labute approximate surface area is 157 Å². The van der Waals surface area contributed by atoms with Gasteiger partial charge in [-0.3, -0.25) is 9.36 Å². The van der Waals surface area contributed by atoms with Crippen LogP contribution >= 0.6 is 12.2 Å². The Kier molecular flexibility index (Phi) is 5.53. The molecule has 6 heteroatoms. The molecule has 0 spiro atoms. The summed E-state index contributed by atoms with van der Waals surface area (Å²) in [4.78, 5) is 11.5. The number of thiocarbonyl (C=S) groups is 1. The quantitative estimate of drug-likeness (QED) is 0.545. The van der Waals surface area contributed by atoms with Gasteiger partial charge in [-0.2, -0.15) is 0 Å². The van der Waals surface area contributed by atoms with Crippen LogP contribution in [0.5, 0.6) is 5.75 Å². The molecule has 3 rings (SSSR count). The van der Waals surface area contributed by atoms with Crippen molar-refractivity contribution < 1.29 is 14.3 Å². The number of esters is 1. The molecule has 1 aromatic heterocycles. The predicted molar refractivity (Wildman–Crippen MR) is 107 cm³/mol. The average molecular weight is 368 g/mol. The van der Waals surface area contributed by atoms with Crippen LogP contribution in [0.2, 0.25) is 0 Å². The van der Waals surface area contributed by atoms with E-state index in [1.807, 2.05) is 59.3 Å². The van der Waals surface area contributed by atoms with E-state index in [9.17, 15) is 4.79 Å². The van der Waals surface area contributed by atoms with E-state index in [0.29, 0.717) is 18.0 Å². The molecule has 0 aliphatic rings. The topological polar surface area (TPSA) is 52.5 Å².